The number of nitrogens with zero attached hydrogens (tertiary/aromatic N) is 5. The van der Waals surface area contributed by atoms with Gasteiger partial charge in [0, 0.05) is 24.6 Å². The van der Waals surface area contributed by atoms with Gasteiger partial charge < -0.3 is 4.57 Å². The summed E-state index contributed by atoms with van der Waals surface area (Å²) in [6, 6.07) is 7.08. The summed E-state index contributed by atoms with van der Waals surface area (Å²) >= 11 is 0. The largest absolute Gasteiger partial charge is 0.310 e. The van der Waals surface area contributed by atoms with Crippen LogP contribution in [-0.4, -0.2) is 19.7 Å². The van der Waals surface area contributed by atoms with Crippen LogP contribution in [0.4, 0.5) is 5.69 Å². The Labute approximate surface area is 139 Å². The molecule has 0 bridgehead atoms. The van der Waals surface area contributed by atoms with Crippen molar-refractivity contribution in [3.8, 4) is 6.07 Å². The summed E-state index contributed by atoms with van der Waals surface area (Å²) in [4.78, 5) is 10.7. The lowest BCUT2D eigenvalue weighted by molar-refractivity contribution is -0.385. The highest BCUT2D eigenvalue weighted by molar-refractivity contribution is 5.87. The molecule has 122 valence electrons. The fourth-order valence-corrected chi connectivity index (χ4v) is 2.91. The van der Waals surface area contributed by atoms with E-state index in [1.807, 2.05) is 4.57 Å². The van der Waals surface area contributed by atoms with Gasteiger partial charge >= 0.3 is 0 Å². The normalized spacial score (nSPS) is 14.6. The van der Waals surface area contributed by atoms with Crippen molar-refractivity contribution in [2.24, 2.45) is 0 Å². The number of rotatable bonds is 3. The molecular weight excluding hydrogens is 306 g/mol. The first kappa shape index (κ1) is 15.9. The van der Waals surface area contributed by atoms with Crippen LogP contribution in [-0.2, 0) is 13.0 Å². The molecule has 7 nitrogen and oxygen atoms in total. The molecule has 0 unspecified atom stereocenters. The molecule has 0 fully saturated rings. The number of hydrogen-bond acceptors (Lipinski definition) is 5. The second-order valence-electron chi connectivity index (χ2n) is 5.87. The minimum absolute atomic E-state index is 0.0427. The standard InChI is InChI=1S/C17H17N5O2/c1-12-6-7-13(10-15(12)22(23)24)9-14(11-18)17-20-19-16-5-3-2-4-8-21(16)17/h6-7,9-10H,2-5,8H2,1H3/b14-9+. The first-order valence-corrected chi connectivity index (χ1v) is 7.89. The Morgan fingerprint density at radius 3 is 2.96 bits per heavy atom. The molecule has 7 heteroatoms. The molecule has 3 rings (SSSR count). The number of allylic oxidation sites excluding steroid dienone is 1. The van der Waals surface area contributed by atoms with Crippen molar-refractivity contribution in [3.05, 3.63) is 51.1 Å². The summed E-state index contributed by atoms with van der Waals surface area (Å²) in [5.41, 5.74) is 1.61. The highest BCUT2D eigenvalue weighted by Crippen LogP contribution is 2.24. The van der Waals surface area contributed by atoms with E-state index in [2.05, 4.69) is 16.3 Å². The minimum atomic E-state index is -0.415. The van der Waals surface area contributed by atoms with Crippen LogP contribution in [0.2, 0.25) is 0 Å². The molecule has 0 aliphatic carbocycles. The van der Waals surface area contributed by atoms with E-state index in [-0.39, 0.29) is 5.69 Å². The average molecular weight is 323 g/mol. The fraction of sp³-hybridized carbons (Fsp3) is 0.353. The van der Waals surface area contributed by atoms with E-state index in [1.165, 1.54) is 6.07 Å². The minimum Gasteiger partial charge on any atom is -0.310 e. The Hall–Kier alpha value is -3.01. The van der Waals surface area contributed by atoms with E-state index in [0.717, 1.165) is 38.1 Å². The maximum atomic E-state index is 11.1. The maximum Gasteiger partial charge on any atom is 0.272 e. The molecule has 24 heavy (non-hydrogen) atoms. The Morgan fingerprint density at radius 2 is 2.21 bits per heavy atom. The molecule has 0 atom stereocenters. The monoisotopic (exact) mass is 323 g/mol. The lowest BCUT2D eigenvalue weighted by Gasteiger charge is -2.06. The van der Waals surface area contributed by atoms with Crippen molar-refractivity contribution in [3.63, 3.8) is 0 Å². The summed E-state index contributed by atoms with van der Waals surface area (Å²) in [7, 11) is 0. The zero-order chi connectivity index (χ0) is 17.1. The number of aromatic nitrogens is 3. The smallest absolute Gasteiger partial charge is 0.272 e. The number of nitro benzene ring substituents is 1. The predicted molar refractivity (Wildman–Crippen MR) is 88.9 cm³/mol. The molecule has 0 saturated carbocycles. The van der Waals surface area contributed by atoms with Gasteiger partial charge in [0.05, 0.1) is 10.5 Å². The van der Waals surface area contributed by atoms with Crippen LogP contribution in [0.3, 0.4) is 0 Å². The third-order valence-electron chi connectivity index (χ3n) is 4.21. The van der Waals surface area contributed by atoms with Gasteiger partial charge in [-0.3, -0.25) is 10.1 Å². The van der Waals surface area contributed by atoms with Gasteiger partial charge in [-0.25, -0.2) is 0 Å². The van der Waals surface area contributed by atoms with Crippen molar-refractivity contribution in [2.75, 3.05) is 0 Å². The van der Waals surface area contributed by atoms with Crippen LogP contribution in [0.25, 0.3) is 11.6 Å². The molecule has 0 saturated heterocycles. The number of nitriles is 1. The highest BCUT2D eigenvalue weighted by Gasteiger charge is 2.18. The molecule has 2 aromatic rings. The van der Waals surface area contributed by atoms with Crippen molar-refractivity contribution in [1.29, 1.82) is 5.26 Å². The number of benzene rings is 1. The molecule has 2 heterocycles. The van der Waals surface area contributed by atoms with Gasteiger partial charge in [0.1, 0.15) is 11.9 Å². The van der Waals surface area contributed by atoms with E-state index in [4.69, 9.17) is 0 Å². The maximum absolute atomic E-state index is 11.1. The molecule has 1 aromatic carbocycles. The summed E-state index contributed by atoms with van der Waals surface area (Å²) in [6.45, 7) is 2.49. The Morgan fingerprint density at radius 1 is 1.38 bits per heavy atom. The van der Waals surface area contributed by atoms with Gasteiger partial charge in [-0.05, 0) is 31.4 Å². The molecule has 0 spiro atoms. The topological polar surface area (TPSA) is 97.6 Å². The van der Waals surface area contributed by atoms with Crippen LogP contribution in [0, 0.1) is 28.4 Å². The average Bonchev–Trinajstić information content (AvgIpc) is 2.82. The molecule has 0 N–H and O–H groups in total. The molecule has 0 radical (unpaired) electrons. The molecular formula is C17H17N5O2. The highest BCUT2D eigenvalue weighted by atomic mass is 16.6. The van der Waals surface area contributed by atoms with E-state index in [9.17, 15) is 15.4 Å². The lowest BCUT2D eigenvalue weighted by Crippen LogP contribution is -2.05. The predicted octanol–water partition coefficient (Wildman–Crippen LogP) is 3.29. The summed E-state index contributed by atoms with van der Waals surface area (Å²) < 4.78 is 1.99. The molecule has 1 aliphatic rings. The SMILES string of the molecule is Cc1ccc(/C=C(\C#N)c2nnc3n2CCCCC3)cc1[N+](=O)[O-]. The van der Waals surface area contributed by atoms with Crippen LogP contribution < -0.4 is 0 Å². The van der Waals surface area contributed by atoms with Gasteiger partial charge in [-0.2, -0.15) is 5.26 Å². The van der Waals surface area contributed by atoms with Crippen molar-refractivity contribution in [2.45, 2.75) is 39.2 Å². The number of nitro groups is 1. The third-order valence-corrected chi connectivity index (χ3v) is 4.21. The number of fused-ring (bicyclic) bond motifs is 1. The van der Waals surface area contributed by atoms with E-state index in [0.29, 0.717) is 22.5 Å². The van der Waals surface area contributed by atoms with Gasteiger partial charge in [0.15, 0.2) is 5.82 Å². The van der Waals surface area contributed by atoms with Crippen LogP contribution in [0.1, 0.15) is 42.0 Å². The van der Waals surface area contributed by atoms with Gasteiger partial charge in [0.25, 0.3) is 5.69 Å². The number of aryl methyl sites for hydroxylation is 2. The van der Waals surface area contributed by atoms with Crippen LogP contribution in [0.15, 0.2) is 18.2 Å². The third kappa shape index (κ3) is 3.04. The van der Waals surface area contributed by atoms with Gasteiger partial charge in [-0.15, -0.1) is 10.2 Å². The van der Waals surface area contributed by atoms with Gasteiger partial charge in [-0.1, -0.05) is 18.6 Å². The quantitative estimate of drug-likeness (QED) is 0.490. The van der Waals surface area contributed by atoms with E-state index in [1.54, 1.807) is 25.1 Å². The second-order valence-corrected chi connectivity index (χ2v) is 5.87. The van der Waals surface area contributed by atoms with Crippen molar-refractivity contribution < 1.29 is 4.92 Å². The molecule has 1 aliphatic heterocycles. The van der Waals surface area contributed by atoms with Crippen LogP contribution >= 0.6 is 0 Å². The molecule has 1 aromatic heterocycles. The number of hydrogen-bond donors (Lipinski definition) is 0. The van der Waals surface area contributed by atoms with Gasteiger partial charge in [0.2, 0.25) is 0 Å². The lowest BCUT2D eigenvalue weighted by atomic mass is 10.1. The van der Waals surface area contributed by atoms with Crippen LogP contribution in [0.5, 0.6) is 0 Å². The molecule has 0 amide bonds. The Balaban J connectivity index is 2.03. The first-order valence-electron chi connectivity index (χ1n) is 7.89. The fourth-order valence-electron chi connectivity index (χ4n) is 2.91. The summed E-state index contributed by atoms with van der Waals surface area (Å²) in [5, 5.41) is 29.0. The summed E-state index contributed by atoms with van der Waals surface area (Å²) in [6.07, 6.45) is 5.75. The zero-order valence-electron chi connectivity index (χ0n) is 13.4. The zero-order valence-corrected chi connectivity index (χ0v) is 13.4. The summed E-state index contributed by atoms with van der Waals surface area (Å²) in [5.74, 6) is 1.44. The Bertz CT molecular complexity index is 860. The second kappa shape index (κ2) is 6.62. The Kier molecular flexibility index (Phi) is 4.38. The van der Waals surface area contributed by atoms with E-state index >= 15 is 0 Å². The van der Waals surface area contributed by atoms with Crippen molar-refractivity contribution >= 4 is 17.3 Å². The first-order chi connectivity index (χ1) is 11.6. The van der Waals surface area contributed by atoms with Crippen molar-refractivity contribution in [1.82, 2.24) is 14.8 Å². The van der Waals surface area contributed by atoms with E-state index < -0.39 is 4.92 Å².